The Balaban J connectivity index is 2.43. The van der Waals surface area contributed by atoms with Crippen LogP contribution in [0.2, 0.25) is 0 Å². The minimum absolute atomic E-state index is 0.699. The summed E-state index contributed by atoms with van der Waals surface area (Å²) in [5.41, 5.74) is 4.05. The number of hydrogen-bond donors (Lipinski definition) is 1. The lowest BCUT2D eigenvalue weighted by molar-refractivity contribution is 0.412. The second kappa shape index (κ2) is 5.57. The quantitative estimate of drug-likeness (QED) is 0.930. The molecule has 1 aromatic heterocycles. The highest BCUT2D eigenvalue weighted by atomic mass is 79.9. The molecule has 2 aromatic rings. The van der Waals surface area contributed by atoms with E-state index in [-0.39, 0.29) is 0 Å². The third kappa shape index (κ3) is 2.87. The van der Waals surface area contributed by atoms with Crippen molar-refractivity contribution in [3.05, 3.63) is 39.8 Å². The fraction of sp³-hybridized carbons (Fsp3) is 0.286. The Kier molecular flexibility index (Phi) is 4.04. The summed E-state index contributed by atoms with van der Waals surface area (Å²) in [6, 6.07) is 3.98. The Labute approximate surface area is 121 Å². The summed E-state index contributed by atoms with van der Waals surface area (Å²) in [5.74, 6) is 1.55. The molecule has 0 unspecified atom stereocenters. The van der Waals surface area contributed by atoms with E-state index in [1.807, 2.05) is 32.9 Å². The fourth-order valence-electron chi connectivity index (χ4n) is 1.89. The van der Waals surface area contributed by atoms with Gasteiger partial charge in [0, 0.05) is 11.3 Å². The maximum absolute atomic E-state index is 5.34. The molecule has 2 rings (SSSR count). The van der Waals surface area contributed by atoms with Crippen molar-refractivity contribution in [2.24, 2.45) is 0 Å². The van der Waals surface area contributed by atoms with Gasteiger partial charge in [0.05, 0.1) is 19.0 Å². The number of aromatic nitrogens is 2. The summed E-state index contributed by atoms with van der Waals surface area (Å²) < 4.78 is 6.04. The average Bonchev–Trinajstić information content (AvgIpc) is 2.37. The first-order valence-electron chi connectivity index (χ1n) is 5.93. The number of rotatable bonds is 3. The van der Waals surface area contributed by atoms with Crippen LogP contribution in [0.4, 0.5) is 11.5 Å². The van der Waals surface area contributed by atoms with Gasteiger partial charge in [-0.25, -0.2) is 9.97 Å². The van der Waals surface area contributed by atoms with Gasteiger partial charge in [-0.3, -0.25) is 0 Å². The maximum Gasteiger partial charge on any atom is 0.163 e. The van der Waals surface area contributed by atoms with Crippen molar-refractivity contribution in [3.8, 4) is 5.75 Å². The number of aryl methyl sites for hydroxylation is 2. The van der Waals surface area contributed by atoms with Crippen LogP contribution in [0.1, 0.15) is 16.8 Å². The fourth-order valence-corrected chi connectivity index (χ4v) is 2.37. The number of nitrogens with one attached hydrogen (secondary N) is 1. The molecule has 0 aliphatic rings. The molecule has 0 aliphatic heterocycles. The molecular formula is C14H16BrN3O. The van der Waals surface area contributed by atoms with E-state index in [1.165, 1.54) is 0 Å². The Morgan fingerprint density at radius 2 is 1.95 bits per heavy atom. The molecule has 0 amide bonds. The first-order valence-corrected chi connectivity index (χ1v) is 6.72. The minimum atomic E-state index is 0.699. The van der Waals surface area contributed by atoms with Crippen LogP contribution in [-0.2, 0) is 0 Å². The van der Waals surface area contributed by atoms with Crippen LogP contribution < -0.4 is 10.1 Å². The summed E-state index contributed by atoms with van der Waals surface area (Å²) in [4.78, 5) is 8.68. The summed E-state index contributed by atoms with van der Waals surface area (Å²) >= 11 is 3.42. The lowest BCUT2D eigenvalue weighted by Gasteiger charge is -2.15. The minimum Gasteiger partial charge on any atom is -0.496 e. The average molecular weight is 322 g/mol. The first kappa shape index (κ1) is 13.8. The van der Waals surface area contributed by atoms with E-state index in [0.717, 1.165) is 28.3 Å². The molecule has 0 atom stereocenters. The number of hydrogen-bond acceptors (Lipinski definition) is 4. The number of benzene rings is 1. The molecule has 0 saturated carbocycles. The molecule has 4 nitrogen and oxygen atoms in total. The highest BCUT2D eigenvalue weighted by Crippen LogP contribution is 2.32. The predicted molar refractivity (Wildman–Crippen MR) is 80.2 cm³/mol. The molecule has 5 heteroatoms. The monoisotopic (exact) mass is 321 g/mol. The van der Waals surface area contributed by atoms with Gasteiger partial charge < -0.3 is 10.1 Å². The van der Waals surface area contributed by atoms with Gasteiger partial charge in [0.2, 0.25) is 0 Å². The van der Waals surface area contributed by atoms with Gasteiger partial charge in [0.15, 0.2) is 5.82 Å². The molecule has 0 fully saturated rings. The molecule has 0 aliphatic carbocycles. The van der Waals surface area contributed by atoms with E-state index in [2.05, 4.69) is 31.2 Å². The molecule has 1 aromatic carbocycles. The molecular weight excluding hydrogens is 306 g/mol. The van der Waals surface area contributed by atoms with Crippen molar-refractivity contribution in [1.82, 2.24) is 9.97 Å². The largest absolute Gasteiger partial charge is 0.496 e. The van der Waals surface area contributed by atoms with Crippen molar-refractivity contribution in [1.29, 1.82) is 0 Å². The van der Waals surface area contributed by atoms with Crippen molar-refractivity contribution >= 4 is 27.4 Å². The number of nitrogens with zero attached hydrogens (tertiary/aromatic N) is 2. The highest BCUT2D eigenvalue weighted by Gasteiger charge is 2.11. The van der Waals surface area contributed by atoms with Crippen LogP contribution in [0.25, 0.3) is 0 Å². The van der Waals surface area contributed by atoms with Gasteiger partial charge in [-0.1, -0.05) is 6.07 Å². The molecule has 0 radical (unpaired) electrons. The van der Waals surface area contributed by atoms with E-state index >= 15 is 0 Å². The third-order valence-electron chi connectivity index (χ3n) is 2.94. The second-order valence-electron chi connectivity index (χ2n) is 4.36. The first-order chi connectivity index (χ1) is 9.02. The molecule has 1 N–H and O–H groups in total. The predicted octanol–water partition coefficient (Wildman–Crippen LogP) is 3.92. The van der Waals surface area contributed by atoms with Crippen LogP contribution >= 0.6 is 15.9 Å². The Morgan fingerprint density at radius 1 is 1.21 bits per heavy atom. The van der Waals surface area contributed by atoms with E-state index < -0.39 is 0 Å². The van der Waals surface area contributed by atoms with Crippen LogP contribution in [0, 0.1) is 20.8 Å². The van der Waals surface area contributed by atoms with Gasteiger partial charge >= 0.3 is 0 Å². The molecule has 1 heterocycles. The Morgan fingerprint density at radius 3 is 2.58 bits per heavy atom. The van der Waals surface area contributed by atoms with Crippen molar-refractivity contribution in [3.63, 3.8) is 0 Å². The third-order valence-corrected chi connectivity index (χ3v) is 3.49. The normalized spacial score (nSPS) is 10.4. The van der Waals surface area contributed by atoms with Crippen LogP contribution in [0.15, 0.2) is 22.9 Å². The zero-order valence-electron chi connectivity index (χ0n) is 11.4. The molecule has 0 bridgehead atoms. The number of ether oxygens (including phenoxy) is 1. The Hall–Kier alpha value is -1.62. The molecule has 100 valence electrons. The molecule has 0 saturated heterocycles. The van der Waals surface area contributed by atoms with Gasteiger partial charge in [0.25, 0.3) is 0 Å². The highest BCUT2D eigenvalue weighted by molar-refractivity contribution is 9.10. The summed E-state index contributed by atoms with van der Waals surface area (Å²) in [5, 5.41) is 3.31. The Bertz CT molecular complexity index is 614. The standard InChI is InChI=1S/C14H16BrN3O/c1-8-5-6-11(19-4)10(3)12(8)18-14-13(15)17-9(2)7-16-14/h5-7H,1-4H3,(H,16,18). The molecule has 19 heavy (non-hydrogen) atoms. The smallest absolute Gasteiger partial charge is 0.163 e. The van der Waals surface area contributed by atoms with Crippen molar-refractivity contribution in [2.75, 3.05) is 12.4 Å². The van der Waals surface area contributed by atoms with E-state index in [1.54, 1.807) is 13.3 Å². The second-order valence-corrected chi connectivity index (χ2v) is 5.11. The lowest BCUT2D eigenvalue weighted by Crippen LogP contribution is -2.02. The van der Waals surface area contributed by atoms with Gasteiger partial charge in [-0.15, -0.1) is 0 Å². The van der Waals surface area contributed by atoms with Crippen molar-refractivity contribution in [2.45, 2.75) is 20.8 Å². The van der Waals surface area contributed by atoms with Crippen molar-refractivity contribution < 1.29 is 4.74 Å². The van der Waals surface area contributed by atoms with E-state index in [0.29, 0.717) is 10.4 Å². The SMILES string of the molecule is COc1ccc(C)c(Nc2ncc(C)nc2Br)c1C. The molecule has 0 spiro atoms. The zero-order chi connectivity index (χ0) is 14.0. The van der Waals surface area contributed by atoms with Crippen LogP contribution in [0.3, 0.4) is 0 Å². The topological polar surface area (TPSA) is 47.0 Å². The summed E-state index contributed by atoms with van der Waals surface area (Å²) in [7, 11) is 1.67. The van der Waals surface area contributed by atoms with Gasteiger partial charge in [0.1, 0.15) is 10.4 Å². The number of anilines is 2. The van der Waals surface area contributed by atoms with Gasteiger partial charge in [-0.2, -0.15) is 0 Å². The number of halogens is 1. The van der Waals surface area contributed by atoms with Crippen LogP contribution in [-0.4, -0.2) is 17.1 Å². The number of methoxy groups -OCH3 is 1. The zero-order valence-corrected chi connectivity index (χ0v) is 13.0. The van der Waals surface area contributed by atoms with Crippen LogP contribution in [0.5, 0.6) is 5.75 Å². The van der Waals surface area contributed by atoms with E-state index in [9.17, 15) is 0 Å². The summed E-state index contributed by atoms with van der Waals surface area (Å²) in [6.45, 7) is 5.97. The van der Waals surface area contributed by atoms with E-state index in [4.69, 9.17) is 4.74 Å². The summed E-state index contributed by atoms with van der Waals surface area (Å²) in [6.07, 6.45) is 1.73. The maximum atomic E-state index is 5.34. The lowest BCUT2D eigenvalue weighted by atomic mass is 10.1. The van der Waals surface area contributed by atoms with Gasteiger partial charge in [-0.05, 0) is 48.3 Å².